The first-order chi connectivity index (χ1) is 11.5. The molecule has 0 amide bonds. The van der Waals surface area contributed by atoms with Gasteiger partial charge in [-0.3, -0.25) is 0 Å². The highest BCUT2D eigenvalue weighted by atomic mass is 31.1. The van der Waals surface area contributed by atoms with E-state index in [9.17, 15) is 9.36 Å². The van der Waals surface area contributed by atoms with Crippen LogP contribution in [0.1, 0.15) is 27.7 Å². The van der Waals surface area contributed by atoms with Gasteiger partial charge in [0, 0.05) is 12.1 Å². The third-order valence-electron chi connectivity index (χ3n) is 2.90. The SMILES string of the molecule is C=CC(=O)[P+](=O)c1cc(OCC)c(OCC)c(OCC)c1OCC. The maximum absolute atomic E-state index is 12.5. The van der Waals surface area contributed by atoms with E-state index in [1.807, 2.05) is 20.8 Å². The molecule has 1 rings (SSSR count). The second kappa shape index (κ2) is 9.93. The Morgan fingerprint density at radius 2 is 1.46 bits per heavy atom. The monoisotopic (exact) mass is 355 g/mol. The van der Waals surface area contributed by atoms with Crippen LogP contribution in [0.2, 0.25) is 0 Å². The number of rotatable bonds is 11. The fraction of sp³-hybridized carbons (Fsp3) is 0.471. The molecule has 24 heavy (non-hydrogen) atoms. The molecule has 0 bridgehead atoms. The normalized spacial score (nSPS) is 10.8. The first-order valence-electron chi connectivity index (χ1n) is 7.91. The quantitative estimate of drug-likeness (QED) is 0.447. The number of hydrogen-bond donors (Lipinski definition) is 0. The molecule has 0 spiro atoms. The lowest BCUT2D eigenvalue weighted by atomic mass is 10.2. The molecule has 0 fully saturated rings. The van der Waals surface area contributed by atoms with Gasteiger partial charge in [-0.05, 0) is 27.7 Å². The summed E-state index contributed by atoms with van der Waals surface area (Å²) in [4.78, 5) is 11.8. The summed E-state index contributed by atoms with van der Waals surface area (Å²) in [6.45, 7) is 12.1. The van der Waals surface area contributed by atoms with Gasteiger partial charge in [0.05, 0.1) is 26.4 Å². The van der Waals surface area contributed by atoms with E-state index in [0.717, 1.165) is 6.08 Å². The summed E-state index contributed by atoms with van der Waals surface area (Å²) >= 11 is 0. The van der Waals surface area contributed by atoms with Crippen molar-refractivity contribution in [2.45, 2.75) is 27.7 Å². The number of carbonyl (C=O) groups is 1. The van der Waals surface area contributed by atoms with Crippen LogP contribution in [-0.2, 0) is 9.36 Å². The second-order valence-corrected chi connectivity index (χ2v) is 5.96. The van der Waals surface area contributed by atoms with Crippen LogP contribution in [0.15, 0.2) is 18.7 Å². The van der Waals surface area contributed by atoms with Gasteiger partial charge >= 0.3 is 13.3 Å². The van der Waals surface area contributed by atoms with E-state index in [2.05, 4.69) is 6.58 Å². The summed E-state index contributed by atoms with van der Waals surface area (Å²) < 4.78 is 35.1. The molecule has 1 aromatic rings. The zero-order valence-electron chi connectivity index (χ0n) is 14.6. The van der Waals surface area contributed by atoms with Crippen molar-refractivity contribution in [3.05, 3.63) is 18.7 Å². The zero-order chi connectivity index (χ0) is 18.1. The lowest BCUT2D eigenvalue weighted by Gasteiger charge is -2.18. The largest absolute Gasteiger partial charge is 0.490 e. The molecule has 0 saturated heterocycles. The van der Waals surface area contributed by atoms with E-state index in [1.165, 1.54) is 6.07 Å². The molecular weight excluding hydrogens is 331 g/mol. The van der Waals surface area contributed by atoms with Crippen molar-refractivity contribution in [2.24, 2.45) is 0 Å². The molecule has 132 valence electrons. The van der Waals surface area contributed by atoms with E-state index in [1.54, 1.807) is 6.92 Å². The highest BCUT2D eigenvalue weighted by Gasteiger charge is 2.38. The van der Waals surface area contributed by atoms with Crippen molar-refractivity contribution in [1.29, 1.82) is 0 Å². The Morgan fingerprint density at radius 3 is 1.96 bits per heavy atom. The van der Waals surface area contributed by atoms with Gasteiger partial charge in [0.2, 0.25) is 22.6 Å². The van der Waals surface area contributed by atoms with Crippen molar-refractivity contribution in [1.82, 2.24) is 0 Å². The Balaban J connectivity index is 3.69. The Kier molecular flexibility index (Phi) is 8.27. The maximum atomic E-state index is 12.5. The summed E-state index contributed by atoms with van der Waals surface area (Å²) in [5, 5.41) is 0.215. The van der Waals surface area contributed by atoms with Crippen molar-refractivity contribution in [3.8, 4) is 23.0 Å². The molecule has 0 aliphatic rings. The number of hydrogen-bond acceptors (Lipinski definition) is 6. The van der Waals surface area contributed by atoms with Gasteiger partial charge < -0.3 is 18.9 Å². The molecule has 0 aliphatic heterocycles. The number of allylic oxidation sites excluding steroid dienone is 1. The molecule has 0 aliphatic carbocycles. The number of benzene rings is 1. The van der Waals surface area contributed by atoms with Crippen molar-refractivity contribution in [3.63, 3.8) is 0 Å². The molecule has 1 atom stereocenters. The summed E-state index contributed by atoms with van der Waals surface area (Å²) in [6, 6.07) is 1.52. The molecule has 0 radical (unpaired) electrons. The van der Waals surface area contributed by atoms with Crippen LogP contribution >= 0.6 is 7.80 Å². The average molecular weight is 355 g/mol. The van der Waals surface area contributed by atoms with E-state index < -0.39 is 13.3 Å². The van der Waals surface area contributed by atoms with E-state index >= 15 is 0 Å². The van der Waals surface area contributed by atoms with Crippen LogP contribution in [-0.4, -0.2) is 32.0 Å². The Hall–Kier alpha value is -2.07. The first kappa shape index (κ1) is 20.0. The van der Waals surface area contributed by atoms with Gasteiger partial charge in [0.25, 0.3) is 0 Å². The fourth-order valence-corrected chi connectivity index (χ4v) is 3.03. The topological polar surface area (TPSA) is 71.1 Å². The predicted octanol–water partition coefficient (Wildman–Crippen LogP) is 3.45. The Bertz CT molecular complexity index is 612. The molecular formula is C17H24O6P+. The van der Waals surface area contributed by atoms with E-state index in [0.29, 0.717) is 43.7 Å². The summed E-state index contributed by atoms with van der Waals surface area (Å²) in [6.07, 6.45) is 1.03. The standard InChI is InChI=1S/C17H24O6P/c1-6-14(18)24(19)13-11-12(20-7-2)15(21-8-3)17(23-10-5)16(13)22-9-4/h6,11H,1,7-10H2,2-5H3/q+1. The van der Waals surface area contributed by atoms with Gasteiger partial charge in [0.15, 0.2) is 5.75 Å². The number of ether oxygens (including phenoxy) is 4. The minimum atomic E-state index is -2.39. The van der Waals surface area contributed by atoms with Crippen LogP contribution in [0.25, 0.3) is 0 Å². The third kappa shape index (κ3) is 4.48. The molecule has 1 unspecified atom stereocenters. The highest BCUT2D eigenvalue weighted by Crippen LogP contribution is 2.47. The van der Waals surface area contributed by atoms with Gasteiger partial charge in [0.1, 0.15) is 0 Å². The second-order valence-electron chi connectivity index (χ2n) is 4.45. The lowest BCUT2D eigenvalue weighted by molar-refractivity contribution is -0.107. The first-order valence-corrected chi connectivity index (χ1v) is 9.17. The fourth-order valence-electron chi connectivity index (χ4n) is 2.04. The molecule has 0 N–H and O–H groups in total. The van der Waals surface area contributed by atoms with Gasteiger partial charge in [-0.15, -0.1) is 0 Å². The molecule has 7 heteroatoms. The molecule has 6 nitrogen and oxygen atoms in total. The van der Waals surface area contributed by atoms with E-state index in [-0.39, 0.29) is 11.1 Å². The minimum absolute atomic E-state index is 0.215. The summed E-state index contributed by atoms with van der Waals surface area (Å²) in [7, 11) is -2.39. The van der Waals surface area contributed by atoms with Crippen molar-refractivity contribution < 1.29 is 28.3 Å². The van der Waals surface area contributed by atoms with Gasteiger partial charge in [-0.25, -0.2) is 4.79 Å². The van der Waals surface area contributed by atoms with Gasteiger partial charge in [-0.2, -0.15) is 0 Å². The van der Waals surface area contributed by atoms with E-state index in [4.69, 9.17) is 18.9 Å². The average Bonchev–Trinajstić information content (AvgIpc) is 2.58. The van der Waals surface area contributed by atoms with Crippen LogP contribution in [0.4, 0.5) is 0 Å². The van der Waals surface area contributed by atoms with Gasteiger partial charge in [-0.1, -0.05) is 11.1 Å². The lowest BCUT2D eigenvalue weighted by Crippen LogP contribution is -2.14. The smallest absolute Gasteiger partial charge is 0.462 e. The van der Waals surface area contributed by atoms with Crippen LogP contribution in [0.5, 0.6) is 23.0 Å². The number of carbonyl (C=O) groups excluding carboxylic acids is 1. The maximum Gasteiger partial charge on any atom is 0.462 e. The van der Waals surface area contributed by atoms with Crippen molar-refractivity contribution >= 4 is 18.6 Å². The summed E-state index contributed by atoms with van der Waals surface area (Å²) in [5.74, 6) is 1.27. The highest BCUT2D eigenvalue weighted by molar-refractivity contribution is 7.71. The van der Waals surface area contributed by atoms with Crippen LogP contribution in [0.3, 0.4) is 0 Å². The predicted molar refractivity (Wildman–Crippen MR) is 93.6 cm³/mol. The van der Waals surface area contributed by atoms with Crippen LogP contribution < -0.4 is 24.3 Å². The van der Waals surface area contributed by atoms with Crippen molar-refractivity contribution in [2.75, 3.05) is 26.4 Å². The minimum Gasteiger partial charge on any atom is -0.490 e. The summed E-state index contributed by atoms with van der Waals surface area (Å²) in [5.41, 5.74) is -0.583. The third-order valence-corrected chi connectivity index (χ3v) is 4.25. The Morgan fingerprint density at radius 1 is 0.958 bits per heavy atom. The molecule has 1 aromatic carbocycles. The molecule has 0 heterocycles. The molecule has 0 aromatic heterocycles. The Labute approximate surface area is 143 Å². The van der Waals surface area contributed by atoms with Crippen LogP contribution in [0, 0.1) is 0 Å². The molecule has 0 saturated carbocycles. The zero-order valence-corrected chi connectivity index (χ0v) is 15.5.